The molecule has 0 fully saturated rings. The highest BCUT2D eigenvalue weighted by Gasteiger charge is 2.08. The van der Waals surface area contributed by atoms with Crippen molar-refractivity contribution < 1.29 is 14.2 Å². The van der Waals surface area contributed by atoms with Crippen molar-refractivity contribution >= 4 is 23.1 Å². The van der Waals surface area contributed by atoms with Gasteiger partial charge < -0.3 is 24.8 Å². The molecule has 1 aromatic heterocycles. The van der Waals surface area contributed by atoms with Crippen molar-refractivity contribution in [2.45, 2.75) is 6.92 Å². The van der Waals surface area contributed by atoms with Crippen molar-refractivity contribution in [3.8, 4) is 17.2 Å². The van der Waals surface area contributed by atoms with Crippen molar-refractivity contribution in [1.82, 2.24) is 9.97 Å². The number of rotatable bonds is 8. The second-order valence-electron chi connectivity index (χ2n) is 5.51. The quantitative estimate of drug-likeness (QED) is 0.612. The Hall–Kier alpha value is -3.48. The first kappa shape index (κ1) is 18.3. The molecule has 0 amide bonds. The maximum atomic E-state index is 5.64. The maximum Gasteiger partial charge on any atom is 0.229 e. The fraction of sp³-hybridized carbons (Fsp3) is 0.200. The molecule has 0 unspecified atom stereocenters. The number of benzene rings is 2. The molecule has 1 heterocycles. The lowest BCUT2D eigenvalue weighted by Gasteiger charge is -2.13. The fourth-order valence-electron chi connectivity index (χ4n) is 2.50. The van der Waals surface area contributed by atoms with Gasteiger partial charge in [-0.2, -0.15) is 4.98 Å². The van der Waals surface area contributed by atoms with Gasteiger partial charge in [0.2, 0.25) is 5.95 Å². The van der Waals surface area contributed by atoms with E-state index in [1.165, 1.54) is 0 Å². The molecule has 0 bridgehead atoms. The average molecular weight is 366 g/mol. The number of anilines is 4. The molecule has 0 aliphatic carbocycles. The molecule has 0 aliphatic heterocycles. The highest BCUT2D eigenvalue weighted by molar-refractivity contribution is 5.67. The van der Waals surface area contributed by atoms with E-state index in [1.54, 1.807) is 32.5 Å². The Morgan fingerprint density at radius 3 is 2.48 bits per heavy atom. The largest absolute Gasteiger partial charge is 0.497 e. The topological polar surface area (TPSA) is 77.5 Å². The zero-order valence-corrected chi connectivity index (χ0v) is 15.5. The molecule has 0 spiro atoms. The Labute approximate surface area is 158 Å². The van der Waals surface area contributed by atoms with Crippen molar-refractivity contribution in [2.75, 3.05) is 31.5 Å². The van der Waals surface area contributed by atoms with Crippen LogP contribution in [0.25, 0.3) is 0 Å². The third-order valence-corrected chi connectivity index (χ3v) is 3.76. The summed E-state index contributed by atoms with van der Waals surface area (Å²) in [6.07, 6.45) is 1.68. The molecule has 140 valence electrons. The van der Waals surface area contributed by atoms with Crippen LogP contribution in [0.1, 0.15) is 6.92 Å². The summed E-state index contributed by atoms with van der Waals surface area (Å²) in [6, 6.07) is 15.0. The molecule has 0 radical (unpaired) electrons. The summed E-state index contributed by atoms with van der Waals surface area (Å²) in [7, 11) is 3.21. The highest BCUT2D eigenvalue weighted by atomic mass is 16.5. The smallest absolute Gasteiger partial charge is 0.229 e. The Balaban J connectivity index is 1.81. The van der Waals surface area contributed by atoms with Gasteiger partial charge >= 0.3 is 0 Å². The molecule has 7 heteroatoms. The Morgan fingerprint density at radius 1 is 0.889 bits per heavy atom. The lowest BCUT2D eigenvalue weighted by atomic mass is 10.2. The molecule has 0 saturated heterocycles. The van der Waals surface area contributed by atoms with Crippen molar-refractivity contribution in [3.05, 3.63) is 54.7 Å². The molecule has 7 nitrogen and oxygen atoms in total. The first-order valence-electron chi connectivity index (χ1n) is 8.54. The number of aromatic nitrogens is 2. The minimum absolute atomic E-state index is 0.442. The summed E-state index contributed by atoms with van der Waals surface area (Å²) in [6.45, 7) is 2.54. The Morgan fingerprint density at radius 2 is 1.70 bits per heavy atom. The zero-order chi connectivity index (χ0) is 19.1. The van der Waals surface area contributed by atoms with Gasteiger partial charge in [-0.1, -0.05) is 12.1 Å². The van der Waals surface area contributed by atoms with Crippen LogP contribution in [0.2, 0.25) is 0 Å². The summed E-state index contributed by atoms with van der Waals surface area (Å²) in [5, 5.41) is 6.43. The van der Waals surface area contributed by atoms with Crippen LogP contribution in [0.5, 0.6) is 17.2 Å². The molecule has 0 aliphatic rings. The molecule has 3 aromatic rings. The van der Waals surface area contributed by atoms with Crippen LogP contribution in [0.4, 0.5) is 23.1 Å². The van der Waals surface area contributed by atoms with Gasteiger partial charge in [0.05, 0.1) is 32.2 Å². The number of nitrogens with zero attached hydrogens (tertiary/aromatic N) is 2. The number of ether oxygens (including phenoxy) is 3. The number of hydrogen-bond donors (Lipinski definition) is 2. The Kier molecular flexibility index (Phi) is 5.94. The number of methoxy groups -OCH3 is 2. The number of nitrogens with one attached hydrogen (secondary N) is 2. The van der Waals surface area contributed by atoms with Crippen LogP contribution in [0.15, 0.2) is 54.7 Å². The molecule has 0 saturated carbocycles. The van der Waals surface area contributed by atoms with Crippen LogP contribution in [-0.4, -0.2) is 30.8 Å². The summed E-state index contributed by atoms with van der Waals surface area (Å²) in [4.78, 5) is 8.78. The standard InChI is InChI=1S/C20H22N4O3/c1-4-27-17-8-6-5-7-15(17)22-19-11-12-21-20(24-19)23-16-10-9-14(25-2)13-18(16)26-3/h5-13H,4H2,1-3H3,(H2,21,22,23,24). The van der Waals surface area contributed by atoms with E-state index in [4.69, 9.17) is 14.2 Å². The van der Waals surface area contributed by atoms with Crippen molar-refractivity contribution in [1.29, 1.82) is 0 Å². The number of para-hydroxylation sites is 2. The maximum absolute atomic E-state index is 5.64. The lowest BCUT2D eigenvalue weighted by molar-refractivity contribution is 0.342. The van der Waals surface area contributed by atoms with E-state index in [9.17, 15) is 0 Å². The van der Waals surface area contributed by atoms with E-state index in [1.807, 2.05) is 43.3 Å². The second kappa shape index (κ2) is 8.75. The second-order valence-corrected chi connectivity index (χ2v) is 5.51. The molecule has 3 rings (SSSR count). The Bertz CT molecular complexity index is 902. The van der Waals surface area contributed by atoms with Crippen LogP contribution in [0, 0.1) is 0 Å². The van der Waals surface area contributed by atoms with E-state index in [0.717, 1.165) is 17.1 Å². The fourth-order valence-corrected chi connectivity index (χ4v) is 2.50. The summed E-state index contributed by atoms with van der Waals surface area (Å²) >= 11 is 0. The molecule has 0 atom stereocenters. The third kappa shape index (κ3) is 4.58. The van der Waals surface area contributed by atoms with Crippen molar-refractivity contribution in [3.63, 3.8) is 0 Å². The predicted molar refractivity (Wildman–Crippen MR) is 106 cm³/mol. The van der Waals surface area contributed by atoms with E-state index < -0.39 is 0 Å². The number of hydrogen-bond acceptors (Lipinski definition) is 7. The van der Waals surface area contributed by atoms with Gasteiger partial charge in [-0.05, 0) is 37.3 Å². The van der Waals surface area contributed by atoms with E-state index in [2.05, 4.69) is 20.6 Å². The highest BCUT2D eigenvalue weighted by Crippen LogP contribution is 2.31. The zero-order valence-electron chi connectivity index (χ0n) is 15.5. The predicted octanol–water partition coefficient (Wildman–Crippen LogP) is 4.38. The van der Waals surface area contributed by atoms with Crippen LogP contribution in [-0.2, 0) is 0 Å². The summed E-state index contributed by atoms with van der Waals surface area (Å²) < 4.78 is 16.3. The minimum atomic E-state index is 0.442. The van der Waals surface area contributed by atoms with Crippen LogP contribution < -0.4 is 24.8 Å². The SMILES string of the molecule is CCOc1ccccc1Nc1ccnc(Nc2ccc(OC)cc2OC)n1. The first-order chi connectivity index (χ1) is 13.2. The van der Waals surface area contributed by atoms with E-state index in [0.29, 0.717) is 29.9 Å². The normalized spacial score (nSPS) is 10.2. The monoisotopic (exact) mass is 366 g/mol. The van der Waals surface area contributed by atoms with Gasteiger partial charge in [-0.15, -0.1) is 0 Å². The van der Waals surface area contributed by atoms with E-state index >= 15 is 0 Å². The minimum Gasteiger partial charge on any atom is -0.497 e. The molecule has 2 N–H and O–H groups in total. The summed E-state index contributed by atoms with van der Waals surface area (Å²) in [5.41, 5.74) is 1.58. The van der Waals surface area contributed by atoms with Crippen LogP contribution >= 0.6 is 0 Å². The molecule has 2 aromatic carbocycles. The van der Waals surface area contributed by atoms with Crippen LogP contribution in [0.3, 0.4) is 0 Å². The molecule has 27 heavy (non-hydrogen) atoms. The van der Waals surface area contributed by atoms with E-state index in [-0.39, 0.29) is 0 Å². The van der Waals surface area contributed by atoms with Gasteiger partial charge in [0.15, 0.2) is 0 Å². The molecular formula is C20H22N4O3. The first-order valence-corrected chi connectivity index (χ1v) is 8.54. The van der Waals surface area contributed by atoms with Gasteiger partial charge in [0.1, 0.15) is 23.1 Å². The van der Waals surface area contributed by atoms with Gasteiger partial charge in [-0.3, -0.25) is 0 Å². The van der Waals surface area contributed by atoms with Gasteiger partial charge in [-0.25, -0.2) is 4.98 Å². The van der Waals surface area contributed by atoms with Crippen molar-refractivity contribution in [2.24, 2.45) is 0 Å². The molecular weight excluding hydrogens is 344 g/mol. The third-order valence-electron chi connectivity index (χ3n) is 3.76. The van der Waals surface area contributed by atoms with Gasteiger partial charge in [0.25, 0.3) is 0 Å². The lowest BCUT2D eigenvalue weighted by Crippen LogP contribution is -2.03. The van der Waals surface area contributed by atoms with Gasteiger partial charge in [0, 0.05) is 12.3 Å². The summed E-state index contributed by atoms with van der Waals surface area (Å²) in [5.74, 6) is 3.20. The average Bonchev–Trinajstić information content (AvgIpc) is 2.70.